The lowest BCUT2D eigenvalue weighted by Crippen LogP contribution is -2.40. The SMILES string of the molecule is CC(C)(C)[Si](C)(C)OCc1ccc(C(=O)O)c(Cl)c1. The van der Waals surface area contributed by atoms with Gasteiger partial charge in [0.05, 0.1) is 17.2 Å². The lowest BCUT2D eigenvalue weighted by molar-refractivity contribution is 0.0697. The molecule has 0 saturated heterocycles. The molecular formula is C14H21ClO3Si. The first-order valence-electron chi connectivity index (χ1n) is 6.20. The minimum Gasteiger partial charge on any atom is -0.478 e. The van der Waals surface area contributed by atoms with Crippen molar-refractivity contribution in [2.45, 2.75) is 45.5 Å². The molecule has 0 spiro atoms. The van der Waals surface area contributed by atoms with Crippen LogP contribution in [0.2, 0.25) is 23.2 Å². The van der Waals surface area contributed by atoms with Crippen LogP contribution in [0, 0.1) is 0 Å². The van der Waals surface area contributed by atoms with Crippen LogP contribution >= 0.6 is 11.6 Å². The van der Waals surface area contributed by atoms with Crippen molar-refractivity contribution < 1.29 is 14.3 Å². The van der Waals surface area contributed by atoms with Crippen molar-refractivity contribution in [3.63, 3.8) is 0 Å². The first-order chi connectivity index (χ1) is 8.54. The van der Waals surface area contributed by atoms with Crippen LogP contribution < -0.4 is 0 Å². The van der Waals surface area contributed by atoms with Crippen molar-refractivity contribution in [3.05, 3.63) is 34.3 Å². The van der Waals surface area contributed by atoms with Gasteiger partial charge in [-0.05, 0) is 35.8 Å². The van der Waals surface area contributed by atoms with E-state index in [2.05, 4.69) is 33.9 Å². The Hall–Kier alpha value is -0.843. The Morgan fingerprint density at radius 2 is 1.95 bits per heavy atom. The normalized spacial score (nSPS) is 12.5. The van der Waals surface area contributed by atoms with Gasteiger partial charge in [-0.3, -0.25) is 0 Å². The summed E-state index contributed by atoms with van der Waals surface area (Å²) in [5.74, 6) is -1.01. The predicted octanol–water partition coefficient (Wildman–Crippen LogP) is 4.56. The Morgan fingerprint density at radius 1 is 1.37 bits per heavy atom. The van der Waals surface area contributed by atoms with Crippen molar-refractivity contribution in [2.75, 3.05) is 0 Å². The molecule has 1 rings (SSSR count). The summed E-state index contributed by atoms with van der Waals surface area (Å²) in [5.41, 5.74) is 1.03. The molecule has 0 aliphatic rings. The molecule has 0 unspecified atom stereocenters. The largest absolute Gasteiger partial charge is 0.478 e. The second-order valence-electron chi connectivity index (χ2n) is 6.17. The molecule has 0 atom stereocenters. The maximum atomic E-state index is 10.9. The molecular weight excluding hydrogens is 280 g/mol. The number of hydrogen-bond donors (Lipinski definition) is 1. The van der Waals surface area contributed by atoms with E-state index in [-0.39, 0.29) is 15.6 Å². The van der Waals surface area contributed by atoms with Gasteiger partial charge in [-0.25, -0.2) is 4.79 Å². The average molecular weight is 301 g/mol. The molecule has 0 heterocycles. The molecule has 0 fully saturated rings. The molecule has 1 aromatic carbocycles. The predicted molar refractivity (Wildman–Crippen MR) is 80.4 cm³/mol. The smallest absolute Gasteiger partial charge is 0.337 e. The zero-order valence-electron chi connectivity index (χ0n) is 12.1. The van der Waals surface area contributed by atoms with Crippen molar-refractivity contribution in [2.24, 2.45) is 0 Å². The second-order valence-corrected chi connectivity index (χ2v) is 11.4. The summed E-state index contributed by atoms with van der Waals surface area (Å²) in [5, 5.41) is 9.32. The highest BCUT2D eigenvalue weighted by Gasteiger charge is 2.37. The number of carboxylic acids is 1. The van der Waals surface area contributed by atoms with Gasteiger partial charge in [0.25, 0.3) is 0 Å². The minimum absolute atomic E-state index is 0.123. The van der Waals surface area contributed by atoms with Gasteiger partial charge in [-0.2, -0.15) is 0 Å². The Kier molecular flexibility index (Phi) is 4.82. The number of hydrogen-bond acceptors (Lipinski definition) is 2. The van der Waals surface area contributed by atoms with Gasteiger partial charge in [-0.15, -0.1) is 0 Å². The number of benzene rings is 1. The van der Waals surface area contributed by atoms with Crippen LogP contribution in [-0.4, -0.2) is 19.4 Å². The lowest BCUT2D eigenvalue weighted by atomic mass is 10.1. The quantitative estimate of drug-likeness (QED) is 0.829. The molecule has 19 heavy (non-hydrogen) atoms. The fourth-order valence-corrected chi connectivity index (χ4v) is 2.55. The van der Waals surface area contributed by atoms with Crippen molar-refractivity contribution in [1.82, 2.24) is 0 Å². The molecule has 1 aromatic rings. The molecule has 0 aromatic heterocycles. The summed E-state index contributed by atoms with van der Waals surface area (Å²) < 4.78 is 6.07. The van der Waals surface area contributed by atoms with E-state index in [9.17, 15) is 4.79 Å². The summed E-state index contributed by atoms with van der Waals surface area (Å²) in [7, 11) is -1.80. The average Bonchev–Trinajstić information content (AvgIpc) is 2.24. The van der Waals surface area contributed by atoms with Crippen LogP contribution in [0.1, 0.15) is 36.7 Å². The first-order valence-corrected chi connectivity index (χ1v) is 9.49. The monoisotopic (exact) mass is 300 g/mol. The number of carboxylic acid groups (broad SMARTS) is 1. The Bertz CT molecular complexity index is 478. The van der Waals surface area contributed by atoms with Crippen LogP contribution in [0.25, 0.3) is 0 Å². The lowest BCUT2D eigenvalue weighted by Gasteiger charge is -2.36. The molecule has 1 N–H and O–H groups in total. The van der Waals surface area contributed by atoms with Crippen LogP contribution in [0.3, 0.4) is 0 Å². The molecule has 106 valence electrons. The van der Waals surface area contributed by atoms with E-state index in [0.717, 1.165) is 5.56 Å². The number of aromatic carboxylic acids is 1. The molecule has 3 nitrogen and oxygen atoms in total. The summed E-state index contributed by atoms with van der Waals surface area (Å²) in [6.45, 7) is 11.4. The Labute approximate surface area is 120 Å². The molecule has 5 heteroatoms. The Morgan fingerprint density at radius 3 is 2.37 bits per heavy atom. The van der Waals surface area contributed by atoms with Crippen molar-refractivity contribution in [3.8, 4) is 0 Å². The Balaban J connectivity index is 2.80. The van der Waals surface area contributed by atoms with Gasteiger partial charge >= 0.3 is 5.97 Å². The summed E-state index contributed by atoms with van der Waals surface area (Å²) in [6.07, 6.45) is 0. The van der Waals surface area contributed by atoms with E-state index in [0.29, 0.717) is 6.61 Å². The molecule has 0 saturated carbocycles. The van der Waals surface area contributed by atoms with E-state index in [4.69, 9.17) is 21.1 Å². The summed E-state index contributed by atoms with van der Waals surface area (Å²) in [6, 6.07) is 4.94. The number of halogens is 1. The molecule has 0 amide bonds. The third-order valence-electron chi connectivity index (χ3n) is 3.67. The highest BCUT2D eigenvalue weighted by atomic mass is 35.5. The molecule has 0 radical (unpaired) electrons. The third-order valence-corrected chi connectivity index (χ3v) is 8.46. The van der Waals surface area contributed by atoms with Crippen LogP contribution in [-0.2, 0) is 11.0 Å². The van der Waals surface area contributed by atoms with Crippen molar-refractivity contribution >= 4 is 25.9 Å². The van der Waals surface area contributed by atoms with Crippen LogP contribution in [0.15, 0.2) is 18.2 Å². The number of carbonyl (C=O) groups is 1. The summed E-state index contributed by atoms with van der Waals surface area (Å²) >= 11 is 5.94. The molecule has 0 bridgehead atoms. The van der Waals surface area contributed by atoms with Gasteiger partial charge < -0.3 is 9.53 Å². The van der Waals surface area contributed by atoms with Crippen LogP contribution in [0.5, 0.6) is 0 Å². The maximum absolute atomic E-state index is 10.9. The van der Waals surface area contributed by atoms with Crippen LogP contribution in [0.4, 0.5) is 0 Å². The maximum Gasteiger partial charge on any atom is 0.337 e. The van der Waals surface area contributed by atoms with Crippen molar-refractivity contribution in [1.29, 1.82) is 0 Å². The fourth-order valence-electron chi connectivity index (χ4n) is 1.30. The van der Waals surface area contributed by atoms with E-state index in [1.165, 1.54) is 6.07 Å². The van der Waals surface area contributed by atoms with Gasteiger partial charge in [0.1, 0.15) is 0 Å². The van der Waals surface area contributed by atoms with Gasteiger partial charge in [0.2, 0.25) is 0 Å². The highest BCUT2D eigenvalue weighted by molar-refractivity contribution is 6.74. The van der Waals surface area contributed by atoms with E-state index < -0.39 is 14.3 Å². The zero-order valence-corrected chi connectivity index (χ0v) is 13.8. The zero-order chi connectivity index (χ0) is 14.8. The van der Waals surface area contributed by atoms with E-state index in [1.807, 2.05) is 0 Å². The highest BCUT2D eigenvalue weighted by Crippen LogP contribution is 2.37. The fraction of sp³-hybridized carbons (Fsp3) is 0.500. The van der Waals surface area contributed by atoms with Gasteiger partial charge in [0, 0.05) is 0 Å². The summed E-state index contributed by atoms with van der Waals surface area (Å²) in [4.78, 5) is 10.9. The number of rotatable bonds is 4. The molecule has 0 aliphatic carbocycles. The molecule has 0 aliphatic heterocycles. The van der Waals surface area contributed by atoms with E-state index >= 15 is 0 Å². The van der Waals surface area contributed by atoms with Gasteiger partial charge in [0.15, 0.2) is 8.32 Å². The second kappa shape index (κ2) is 5.65. The topological polar surface area (TPSA) is 46.5 Å². The van der Waals surface area contributed by atoms with Gasteiger partial charge in [-0.1, -0.05) is 38.4 Å². The standard InChI is InChI=1S/C14H21ClO3Si/c1-14(2,3)19(4,5)18-9-10-6-7-11(13(16)17)12(15)8-10/h6-8H,9H2,1-5H3,(H,16,17). The third kappa shape index (κ3) is 4.06. The van der Waals surface area contributed by atoms with E-state index in [1.54, 1.807) is 12.1 Å². The minimum atomic E-state index is -1.80. The first kappa shape index (κ1) is 16.2.